The zero-order valence-electron chi connectivity index (χ0n) is 11.6. The lowest BCUT2D eigenvalue weighted by Crippen LogP contribution is -2.38. The van der Waals surface area contributed by atoms with E-state index in [1.807, 2.05) is 6.07 Å². The van der Waals surface area contributed by atoms with Gasteiger partial charge in [-0.2, -0.15) is 0 Å². The maximum Gasteiger partial charge on any atom is 0.149 e. The van der Waals surface area contributed by atoms with Crippen LogP contribution in [0.1, 0.15) is 25.0 Å². The quantitative estimate of drug-likeness (QED) is 0.580. The van der Waals surface area contributed by atoms with E-state index in [0.717, 1.165) is 18.8 Å². The van der Waals surface area contributed by atoms with Gasteiger partial charge in [-0.3, -0.25) is 4.90 Å². The van der Waals surface area contributed by atoms with E-state index in [-0.39, 0.29) is 18.6 Å². The van der Waals surface area contributed by atoms with Crippen molar-refractivity contribution in [1.82, 2.24) is 4.90 Å². The van der Waals surface area contributed by atoms with Gasteiger partial charge >= 0.3 is 0 Å². The smallest absolute Gasteiger partial charge is 0.149 e. The highest BCUT2D eigenvalue weighted by Gasteiger charge is 2.12. The molecule has 0 spiro atoms. The molecule has 1 rings (SSSR count). The Morgan fingerprint density at radius 1 is 1.28 bits per heavy atom. The van der Waals surface area contributed by atoms with Gasteiger partial charge in [-0.15, -0.1) is 24.0 Å². The molecule has 0 aliphatic carbocycles. The Bertz CT molecular complexity index is 358. The van der Waals surface area contributed by atoms with Gasteiger partial charge in [-0.25, -0.2) is 0 Å². The van der Waals surface area contributed by atoms with E-state index in [1.165, 1.54) is 11.1 Å². The van der Waals surface area contributed by atoms with Crippen LogP contribution in [-0.2, 0) is 0 Å². The van der Waals surface area contributed by atoms with Crippen LogP contribution in [0.5, 0.6) is 5.75 Å². The SMILES string of the molecule is CCN(CCCl)C(C)Oc1ccc(C)c(C)c1.Cl. The summed E-state index contributed by atoms with van der Waals surface area (Å²) >= 11 is 5.77. The highest BCUT2D eigenvalue weighted by Crippen LogP contribution is 2.18. The predicted octanol–water partition coefficient (Wildman–Crippen LogP) is 4.01. The van der Waals surface area contributed by atoms with Gasteiger partial charge in [-0.1, -0.05) is 13.0 Å². The Morgan fingerprint density at radius 3 is 2.44 bits per heavy atom. The molecule has 0 aliphatic heterocycles. The zero-order valence-corrected chi connectivity index (χ0v) is 13.1. The van der Waals surface area contributed by atoms with Crippen LogP contribution in [0, 0.1) is 13.8 Å². The van der Waals surface area contributed by atoms with Crippen LogP contribution in [0.25, 0.3) is 0 Å². The monoisotopic (exact) mass is 291 g/mol. The van der Waals surface area contributed by atoms with Gasteiger partial charge in [0.05, 0.1) is 0 Å². The van der Waals surface area contributed by atoms with E-state index >= 15 is 0 Å². The highest BCUT2D eigenvalue weighted by atomic mass is 35.5. The molecule has 0 N–H and O–H groups in total. The van der Waals surface area contributed by atoms with Crippen LogP contribution in [-0.4, -0.2) is 30.1 Å². The Labute approximate surface area is 122 Å². The van der Waals surface area contributed by atoms with E-state index in [1.54, 1.807) is 0 Å². The molecule has 4 heteroatoms. The molecule has 0 bridgehead atoms. The molecule has 104 valence electrons. The fourth-order valence-electron chi connectivity index (χ4n) is 1.76. The summed E-state index contributed by atoms with van der Waals surface area (Å²) in [6.45, 7) is 10.2. The number of halogens is 2. The summed E-state index contributed by atoms with van der Waals surface area (Å²) in [5.41, 5.74) is 2.55. The molecular weight excluding hydrogens is 269 g/mol. The maximum absolute atomic E-state index is 5.92. The van der Waals surface area contributed by atoms with Crippen LogP contribution in [0.2, 0.25) is 0 Å². The van der Waals surface area contributed by atoms with E-state index in [9.17, 15) is 0 Å². The van der Waals surface area contributed by atoms with Crippen molar-refractivity contribution in [1.29, 1.82) is 0 Å². The molecular formula is C14H23Cl2NO. The fraction of sp³-hybridized carbons (Fsp3) is 0.571. The third kappa shape index (κ3) is 5.05. The lowest BCUT2D eigenvalue weighted by Gasteiger charge is -2.27. The summed E-state index contributed by atoms with van der Waals surface area (Å²) in [5, 5.41) is 0. The molecule has 1 unspecified atom stereocenters. The minimum Gasteiger partial charge on any atom is -0.475 e. The normalized spacial score (nSPS) is 12.1. The number of rotatable bonds is 6. The fourth-order valence-corrected chi connectivity index (χ4v) is 1.98. The number of hydrogen-bond donors (Lipinski definition) is 0. The molecule has 18 heavy (non-hydrogen) atoms. The van der Waals surface area contributed by atoms with Gasteiger partial charge < -0.3 is 4.74 Å². The van der Waals surface area contributed by atoms with E-state index in [0.29, 0.717) is 5.88 Å². The van der Waals surface area contributed by atoms with Crippen LogP contribution in [0.4, 0.5) is 0 Å². The predicted molar refractivity (Wildman–Crippen MR) is 81.2 cm³/mol. The first kappa shape index (κ1) is 17.6. The molecule has 0 heterocycles. The zero-order chi connectivity index (χ0) is 12.8. The third-order valence-electron chi connectivity index (χ3n) is 3.08. The van der Waals surface area contributed by atoms with Gasteiger partial charge in [0.15, 0.2) is 0 Å². The van der Waals surface area contributed by atoms with Crippen molar-refractivity contribution in [3.05, 3.63) is 29.3 Å². The first-order valence-electron chi connectivity index (χ1n) is 6.12. The number of benzene rings is 1. The van der Waals surface area contributed by atoms with Crippen molar-refractivity contribution in [2.75, 3.05) is 19.0 Å². The topological polar surface area (TPSA) is 12.5 Å². The minimum atomic E-state index is 0. The van der Waals surface area contributed by atoms with Crippen LogP contribution < -0.4 is 4.74 Å². The summed E-state index contributed by atoms with van der Waals surface area (Å²) in [5.74, 6) is 1.56. The van der Waals surface area contributed by atoms with Crippen LogP contribution >= 0.6 is 24.0 Å². The van der Waals surface area contributed by atoms with E-state index < -0.39 is 0 Å². The van der Waals surface area contributed by atoms with Crippen molar-refractivity contribution < 1.29 is 4.74 Å². The van der Waals surface area contributed by atoms with E-state index in [4.69, 9.17) is 16.3 Å². The molecule has 2 nitrogen and oxygen atoms in total. The average Bonchev–Trinajstić information content (AvgIpc) is 2.30. The molecule has 0 aliphatic rings. The average molecular weight is 292 g/mol. The van der Waals surface area contributed by atoms with Gasteiger partial charge in [0, 0.05) is 12.4 Å². The number of alkyl halides is 1. The molecule has 0 fully saturated rings. The first-order chi connectivity index (χ1) is 8.08. The number of hydrogen-bond acceptors (Lipinski definition) is 2. The second-order valence-electron chi connectivity index (χ2n) is 4.28. The van der Waals surface area contributed by atoms with Crippen molar-refractivity contribution in [3.8, 4) is 5.75 Å². The molecule has 1 aromatic carbocycles. The Balaban J connectivity index is 0.00000289. The molecule has 0 aromatic heterocycles. The van der Waals surface area contributed by atoms with Crippen molar-refractivity contribution >= 4 is 24.0 Å². The largest absolute Gasteiger partial charge is 0.475 e. The molecule has 0 saturated heterocycles. The molecule has 0 saturated carbocycles. The second kappa shape index (κ2) is 8.63. The van der Waals surface area contributed by atoms with Gasteiger partial charge in [0.1, 0.15) is 12.0 Å². The second-order valence-corrected chi connectivity index (χ2v) is 4.66. The Hall–Kier alpha value is -0.440. The maximum atomic E-state index is 5.92. The summed E-state index contributed by atoms with van der Waals surface area (Å²) in [6.07, 6.45) is 0.0563. The summed E-state index contributed by atoms with van der Waals surface area (Å²) in [6, 6.07) is 6.20. The number of nitrogens with zero attached hydrogens (tertiary/aromatic N) is 1. The Kier molecular flexibility index (Phi) is 8.41. The molecule has 0 amide bonds. The van der Waals surface area contributed by atoms with Gasteiger partial charge in [-0.05, 0) is 50.6 Å². The molecule has 1 atom stereocenters. The highest BCUT2D eigenvalue weighted by molar-refractivity contribution is 6.18. The van der Waals surface area contributed by atoms with Crippen molar-refractivity contribution in [2.45, 2.75) is 33.9 Å². The van der Waals surface area contributed by atoms with Crippen molar-refractivity contribution in [3.63, 3.8) is 0 Å². The van der Waals surface area contributed by atoms with E-state index in [2.05, 4.69) is 44.7 Å². The lowest BCUT2D eigenvalue weighted by atomic mass is 10.1. The molecule has 0 radical (unpaired) electrons. The summed E-state index contributed by atoms with van der Waals surface area (Å²) in [7, 11) is 0. The Morgan fingerprint density at radius 2 is 1.94 bits per heavy atom. The first-order valence-corrected chi connectivity index (χ1v) is 6.65. The third-order valence-corrected chi connectivity index (χ3v) is 3.25. The summed E-state index contributed by atoms with van der Waals surface area (Å²) < 4.78 is 5.92. The summed E-state index contributed by atoms with van der Waals surface area (Å²) in [4.78, 5) is 2.21. The van der Waals surface area contributed by atoms with Crippen molar-refractivity contribution in [2.24, 2.45) is 0 Å². The molecule has 1 aromatic rings. The van der Waals surface area contributed by atoms with Gasteiger partial charge in [0.25, 0.3) is 0 Å². The number of aryl methyl sites for hydroxylation is 2. The lowest BCUT2D eigenvalue weighted by molar-refractivity contribution is 0.0486. The minimum absolute atomic E-state index is 0. The standard InChI is InChI=1S/C14H22ClNO.ClH/c1-5-16(9-8-15)13(4)17-14-7-6-11(2)12(3)10-14;/h6-7,10,13H,5,8-9H2,1-4H3;1H. The van der Waals surface area contributed by atoms with Crippen LogP contribution in [0.3, 0.4) is 0 Å². The van der Waals surface area contributed by atoms with Gasteiger partial charge in [0.2, 0.25) is 0 Å². The van der Waals surface area contributed by atoms with Crippen LogP contribution in [0.15, 0.2) is 18.2 Å². The number of ether oxygens (including phenoxy) is 1.